The van der Waals surface area contributed by atoms with Crippen LogP contribution < -0.4 is 9.46 Å². The number of hydrogen-bond acceptors (Lipinski definition) is 6. The largest absolute Gasteiger partial charge is 0.495 e. The van der Waals surface area contributed by atoms with Gasteiger partial charge in [-0.3, -0.25) is 0 Å². The number of nitrogens with one attached hydrogen (secondary N) is 1. The molecule has 0 radical (unpaired) electrons. The van der Waals surface area contributed by atoms with Crippen molar-refractivity contribution in [1.29, 1.82) is 0 Å². The molecule has 0 bridgehead atoms. The fraction of sp³-hybridized carbons (Fsp3) is 0.538. The third kappa shape index (κ3) is 8.07. The molecule has 7 heteroatoms. The number of nitrogens with zero attached hydrogens (tertiary/aromatic N) is 1. The Labute approximate surface area is 206 Å². The van der Waals surface area contributed by atoms with Gasteiger partial charge in [0.25, 0.3) is 0 Å². The molecule has 180 valence electrons. The number of methoxy groups -OCH3 is 1. The molecule has 0 spiro atoms. The number of aromatic nitrogens is 1. The molecule has 2 aliphatic rings. The molecule has 1 saturated carbocycles. The van der Waals surface area contributed by atoms with E-state index in [1.54, 1.807) is 23.5 Å². The Morgan fingerprint density at radius 1 is 1.24 bits per heavy atom. The fourth-order valence-electron chi connectivity index (χ4n) is 4.39. The second-order valence-electron chi connectivity index (χ2n) is 8.68. The maximum absolute atomic E-state index is 11.0. The molecule has 1 heterocycles. The molecule has 2 aromatic rings. The summed E-state index contributed by atoms with van der Waals surface area (Å²) in [6, 6.07) is 4.75. The number of ether oxygens (including phenoxy) is 1. The second kappa shape index (κ2) is 13.7. The lowest BCUT2D eigenvalue weighted by Crippen LogP contribution is -2.04. The molecule has 33 heavy (non-hydrogen) atoms. The number of carboxylic acid groups (broad SMARTS) is 1. The molecule has 1 fully saturated rings. The average molecular weight is 489 g/mol. The van der Waals surface area contributed by atoms with Crippen LogP contribution >= 0.6 is 23.3 Å². The van der Waals surface area contributed by atoms with Crippen LogP contribution in [0.1, 0.15) is 92.9 Å². The highest BCUT2D eigenvalue weighted by Crippen LogP contribution is 2.34. The zero-order valence-corrected chi connectivity index (χ0v) is 21.4. The summed E-state index contributed by atoms with van der Waals surface area (Å²) in [7, 11) is 1.52. The first kappa shape index (κ1) is 25.6. The van der Waals surface area contributed by atoms with Crippen LogP contribution in [0.25, 0.3) is 5.57 Å². The molecule has 0 amide bonds. The van der Waals surface area contributed by atoms with E-state index in [9.17, 15) is 4.79 Å². The first-order valence-corrected chi connectivity index (χ1v) is 13.8. The molecule has 1 aromatic carbocycles. The van der Waals surface area contributed by atoms with Crippen molar-refractivity contribution < 1.29 is 14.6 Å². The molecule has 1 aromatic heterocycles. The fourth-order valence-corrected chi connectivity index (χ4v) is 6.05. The molecular weight excluding hydrogens is 452 g/mol. The number of hydrogen-bond donors (Lipinski definition) is 2. The van der Waals surface area contributed by atoms with Gasteiger partial charge in [0.1, 0.15) is 15.8 Å². The van der Waals surface area contributed by atoms with Crippen molar-refractivity contribution >= 4 is 40.5 Å². The van der Waals surface area contributed by atoms with Crippen LogP contribution in [0.3, 0.4) is 0 Å². The van der Waals surface area contributed by atoms with Gasteiger partial charge < -0.3 is 14.6 Å². The summed E-state index contributed by atoms with van der Waals surface area (Å²) >= 11 is 3.06. The SMILES string of the molecule is CCCC1CCCCC1.COc1cc(C(=O)O)ccc1NSc1csc(C2=CCCCC2)n1. The van der Waals surface area contributed by atoms with Gasteiger partial charge in [-0.05, 0) is 55.4 Å². The molecule has 5 nitrogen and oxygen atoms in total. The average Bonchev–Trinajstić information content (AvgIpc) is 3.33. The second-order valence-corrected chi connectivity index (χ2v) is 10.4. The standard InChI is InChI=1S/C17H18N2O3S2.C9H18/c1-22-14-9-12(17(20)21)7-8-13(14)19-24-15-10-23-16(18-15)11-5-3-2-4-6-11;1-2-6-9-7-4-3-5-8-9/h5,7-10,19H,2-4,6H2,1H3,(H,20,21);9H,2-8H2,1H3. The van der Waals surface area contributed by atoms with E-state index >= 15 is 0 Å². The van der Waals surface area contributed by atoms with E-state index < -0.39 is 5.97 Å². The molecule has 0 saturated heterocycles. The Bertz CT molecular complexity index is 917. The number of carboxylic acids is 1. The van der Waals surface area contributed by atoms with E-state index in [0.29, 0.717) is 5.75 Å². The van der Waals surface area contributed by atoms with E-state index in [1.165, 1.54) is 88.5 Å². The number of rotatable bonds is 8. The minimum atomic E-state index is -0.975. The number of allylic oxidation sites excluding steroid dienone is 2. The monoisotopic (exact) mass is 488 g/mol. The summed E-state index contributed by atoms with van der Waals surface area (Å²) in [4.78, 5) is 15.7. The Morgan fingerprint density at radius 3 is 2.73 bits per heavy atom. The van der Waals surface area contributed by atoms with Crippen LogP contribution in [0.4, 0.5) is 5.69 Å². The van der Waals surface area contributed by atoms with Crippen molar-refractivity contribution in [2.45, 2.75) is 82.6 Å². The van der Waals surface area contributed by atoms with Crippen LogP contribution in [0.5, 0.6) is 5.75 Å². The zero-order valence-electron chi connectivity index (χ0n) is 19.8. The molecular formula is C26H36N2O3S2. The van der Waals surface area contributed by atoms with Crippen LogP contribution in [-0.4, -0.2) is 23.2 Å². The lowest BCUT2D eigenvalue weighted by Gasteiger charge is -2.20. The van der Waals surface area contributed by atoms with E-state index in [0.717, 1.165) is 34.5 Å². The number of thiazole rings is 1. The van der Waals surface area contributed by atoms with Gasteiger partial charge in [-0.2, -0.15) is 0 Å². The topological polar surface area (TPSA) is 71.5 Å². The molecule has 0 aliphatic heterocycles. The van der Waals surface area contributed by atoms with Crippen molar-refractivity contribution in [2.24, 2.45) is 5.92 Å². The van der Waals surface area contributed by atoms with Gasteiger partial charge in [-0.1, -0.05) is 57.9 Å². The van der Waals surface area contributed by atoms with E-state index in [2.05, 4.69) is 22.7 Å². The van der Waals surface area contributed by atoms with Gasteiger partial charge in [0, 0.05) is 17.3 Å². The van der Waals surface area contributed by atoms with Crippen LogP contribution in [-0.2, 0) is 0 Å². The lowest BCUT2D eigenvalue weighted by atomic mass is 9.86. The van der Waals surface area contributed by atoms with Gasteiger partial charge >= 0.3 is 5.97 Å². The van der Waals surface area contributed by atoms with Gasteiger partial charge in [0.05, 0.1) is 18.4 Å². The first-order chi connectivity index (χ1) is 16.1. The van der Waals surface area contributed by atoms with Gasteiger partial charge in [-0.15, -0.1) is 11.3 Å². The van der Waals surface area contributed by atoms with Crippen molar-refractivity contribution in [3.05, 3.63) is 40.2 Å². The Kier molecular flexibility index (Phi) is 10.6. The van der Waals surface area contributed by atoms with Crippen LogP contribution in [0.2, 0.25) is 0 Å². The lowest BCUT2D eigenvalue weighted by molar-refractivity contribution is 0.0696. The summed E-state index contributed by atoms with van der Waals surface area (Å²) in [5, 5.41) is 13.0. The number of aromatic carboxylic acids is 1. The van der Waals surface area contributed by atoms with Gasteiger partial charge in [0.15, 0.2) is 0 Å². The van der Waals surface area contributed by atoms with Gasteiger partial charge in [0.2, 0.25) is 0 Å². The summed E-state index contributed by atoms with van der Waals surface area (Å²) in [6.45, 7) is 2.30. The summed E-state index contributed by atoms with van der Waals surface area (Å²) < 4.78 is 8.45. The van der Waals surface area contributed by atoms with Crippen molar-refractivity contribution in [3.63, 3.8) is 0 Å². The minimum absolute atomic E-state index is 0.197. The quantitative estimate of drug-likeness (QED) is 0.364. The first-order valence-electron chi connectivity index (χ1n) is 12.1. The smallest absolute Gasteiger partial charge is 0.335 e. The predicted molar refractivity (Wildman–Crippen MR) is 139 cm³/mol. The third-order valence-electron chi connectivity index (χ3n) is 6.18. The maximum atomic E-state index is 11.0. The third-order valence-corrected chi connectivity index (χ3v) is 7.99. The number of benzene rings is 1. The van der Waals surface area contributed by atoms with E-state index in [4.69, 9.17) is 9.84 Å². The van der Waals surface area contributed by atoms with Crippen molar-refractivity contribution in [2.75, 3.05) is 11.8 Å². The predicted octanol–water partition coefficient (Wildman–Crippen LogP) is 8.29. The number of carbonyl (C=O) groups is 1. The van der Waals surface area contributed by atoms with Crippen molar-refractivity contribution in [1.82, 2.24) is 4.98 Å². The Morgan fingerprint density at radius 2 is 2.06 bits per heavy atom. The zero-order chi connectivity index (χ0) is 23.5. The van der Waals surface area contributed by atoms with E-state index in [1.807, 2.05) is 5.38 Å². The normalized spacial score (nSPS) is 16.4. The molecule has 4 rings (SSSR count). The summed E-state index contributed by atoms with van der Waals surface area (Å²) in [5.74, 6) is 0.619. The molecule has 2 N–H and O–H groups in total. The van der Waals surface area contributed by atoms with E-state index in [-0.39, 0.29) is 5.56 Å². The van der Waals surface area contributed by atoms with Crippen LogP contribution in [0, 0.1) is 5.92 Å². The van der Waals surface area contributed by atoms with Crippen LogP contribution in [0.15, 0.2) is 34.7 Å². The Hall–Kier alpha value is -1.99. The van der Waals surface area contributed by atoms with Crippen molar-refractivity contribution in [3.8, 4) is 5.75 Å². The van der Waals surface area contributed by atoms with Gasteiger partial charge in [-0.25, -0.2) is 9.78 Å². The molecule has 0 unspecified atom stereocenters. The molecule has 2 aliphatic carbocycles. The highest BCUT2D eigenvalue weighted by atomic mass is 32.2. The number of anilines is 1. The highest BCUT2D eigenvalue weighted by Gasteiger charge is 2.13. The highest BCUT2D eigenvalue weighted by molar-refractivity contribution is 8.00. The minimum Gasteiger partial charge on any atom is -0.495 e. The maximum Gasteiger partial charge on any atom is 0.335 e. The Balaban J connectivity index is 0.000000286. The summed E-state index contributed by atoms with van der Waals surface area (Å²) in [5.41, 5.74) is 2.27. The molecule has 0 atom stereocenters. The summed E-state index contributed by atoms with van der Waals surface area (Å²) in [6.07, 6.45) is 17.5.